The smallest absolute Gasteiger partial charge is 0.142 e. The standard InChI is InChI=1S/C15H17BrN2O/c1-2-17-9-12-7-8-18-10-15(12)19-11-13-5-3-4-6-14(13)16/h3-8,10,17H,2,9,11H2,1H3. The molecule has 4 heteroatoms. The van der Waals surface area contributed by atoms with Crippen molar-refractivity contribution in [3.63, 3.8) is 0 Å². The first-order valence-electron chi connectivity index (χ1n) is 6.31. The Balaban J connectivity index is 2.05. The largest absolute Gasteiger partial charge is 0.487 e. The molecule has 0 atom stereocenters. The third kappa shape index (κ3) is 4.04. The first kappa shape index (κ1) is 14.0. The summed E-state index contributed by atoms with van der Waals surface area (Å²) in [5.41, 5.74) is 2.25. The average molecular weight is 321 g/mol. The third-order valence-electron chi connectivity index (χ3n) is 2.78. The topological polar surface area (TPSA) is 34.2 Å². The minimum absolute atomic E-state index is 0.534. The number of nitrogens with one attached hydrogen (secondary N) is 1. The number of rotatable bonds is 6. The van der Waals surface area contributed by atoms with Crippen LogP contribution < -0.4 is 10.1 Å². The number of hydrogen-bond donors (Lipinski definition) is 1. The monoisotopic (exact) mass is 320 g/mol. The summed E-state index contributed by atoms with van der Waals surface area (Å²) in [5.74, 6) is 0.833. The first-order chi connectivity index (χ1) is 9.31. The van der Waals surface area contributed by atoms with Crippen molar-refractivity contribution >= 4 is 15.9 Å². The molecule has 0 fully saturated rings. The van der Waals surface area contributed by atoms with E-state index < -0.39 is 0 Å². The summed E-state index contributed by atoms with van der Waals surface area (Å²) in [6, 6.07) is 10.0. The van der Waals surface area contributed by atoms with Crippen LogP contribution in [-0.2, 0) is 13.2 Å². The van der Waals surface area contributed by atoms with Gasteiger partial charge in [-0.3, -0.25) is 4.98 Å². The molecule has 2 rings (SSSR count). The average Bonchev–Trinajstić information content (AvgIpc) is 2.45. The molecule has 0 aliphatic carbocycles. The Labute approximate surface area is 122 Å². The van der Waals surface area contributed by atoms with Gasteiger partial charge in [0, 0.05) is 28.3 Å². The number of nitrogens with zero attached hydrogens (tertiary/aromatic N) is 1. The summed E-state index contributed by atoms with van der Waals surface area (Å²) in [5, 5.41) is 3.30. The van der Waals surface area contributed by atoms with Gasteiger partial charge in [0.1, 0.15) is 12.4 Å². The van der Waals surface area contributed by atoms with E-state index in [4.69, 9.17) is 4.74 Å². The second-order valence-corrected chi connectivity index (χ2v) is 5.00. The van der Waals surface area contributed by atoms with Crippen LogP contribution in [0.1, 0.15) is 18.1 Å². The number of halogens is 1. The predicted octanol–water partition coefficient (Wildman–Crippen LogP) is 3.53. The van der Waals surface area contributed by atoms with Crippen LogP contribution >= 0.6 is 15.9 Å². The van der Waals surface area contributed by atoms with Gasteiger partial charge in [-0.15, -0.1) is 0 Å². The van der Waals surface area contributed by atoms with Gasteiger partial charge in [-0.25, -0.2) is 0 Å². The highest BCUT2D eigenvalue weighted by Crippen LogP contribution is 2.21. The first-order valence-corrected chi connectivity index (χ1v) is 7.10. The van der Waals surface area contributed by atoms with Crippen LogP contribution in [0.5, 0.6) is 5.75 Å². The molecule has 0 aliphatic heterocycles. The van der Waals surface area contributed by atoms with E-state index in [0.29, 0.717) is 6.61 Å². The van der Waals surface area contributed by atoms with Crippen LogP contribution in [0.25, 0.3) is 0 Å². The zero-order valence-corrected chi connectivity index (χ0v) is 12.5. The van der Waals surface area contributed by atoms with Crippen LogP contribution in [0.15, 0.2) is 47.2 Å². The van der Waals surface area contributed by atoms with Gasteiger partial charge < -0.3 is 10.1 Å². The van der Waals surface area contributed by atoms with E-state index in [-0.39, 0.29) is 0 Å². The quantitative estimate of drug-likeness (QED) is 0.884. The van der Waals surface area contributed by atoms with E-state index in [1.54, 1.807) is 12.4 Å². The zero-order chi connectivity index (χ0) is 13.5. The van der Waals surface area contributed by atoms with Crippen molar-refractivity contribution in [2.75, 3.05) is 6.54 Å². The number of benzene rings is 1. The molecule has 1 heterocycles. The molecule has 0 unspecified atom stereocenters. The summed E-state index contributed by atoms with van der Waals surface area (Å²) in [7, 11) is 0. The SMILES string of the molecule is CCNCc1ccncc1OCc1ccccc1Br. The van der Waals surface area contributed by atoms with Crippen molar-refractivity contribution in [3.8, 4) is 5.75 Å². The normalized spacial score (nSPS) is 10.4. The zero-order valence-electron chi connectivity index (χ0n) is 10.9. The van der Waals surface area contributed by atoms with E-state index in [1.807, 2.05) is 30.3 Å². The second kappa shape index (κ2) is 7.26. The van der Waals surface area contributed by atoms with Gasteiger partial charge in [0.25, 0.3) is 0 Å². The van der Waals surface area contributed by atoms with Crippen molar-refractivity contribution < 1.29 is 4.74 Å². The lowest BCUT2D eigenvalue weighted by atomic mass is 10.2. The molecule has 2 aromatic rings. The minimum Gasteiger partial charge on any atom is -0.487 e. The predicted molar refractivity (Wildman–Crippen MR) is 80.1 cm³/mol. The van der Waals surface area contributed by atoms with Crippen molar-refractivity contribution in [3.05, 3.63) is 58.3 Å². The van der Waals surface area contributed by atoms with E-state index in [0.717, 1.165) is 34.4 Å². The van der Waals surface area contributed by atoms with Crippen molar-refractivity contribution in [2.24, 2.45) is 0 Å². The molecule has 19 heavy (non-hydrogen) atoms. The fourth-order valence-electron chi connectivity index (χ4n) is 1.72. The van der Waals surface area contributed by atoms with E-state index in [1.165, 1.54) is 0 Å². The van der Waals surface area contributed by atoms with Crippen LogP contribution in [0.3, 0.4) is 0 Å². The van der Waals surface area contributed by atoms with Crippen molar-refractivity contribution in [2.45, 2.75) is 20.1 Å². The number of hydrogen-bond acceptors (Lipinski definition) is 3. The van der Waals surface area contributed by atoms with Crippen LogP contribution in [0.2, 0.25) is 0 Å². The summed E-state index contributed by atoms with van der Waals surface area (Å²) in [6.45, 7) is 4.35. The van der Waals surface area contributed by atoms with Gasteiger partial charge in [-0.1, -0.05) is 41.1 Å². The van der Waals surface area contributed by atoms with Crippen LogP contribution in [0.4, 0.5) is 0 Å². The van der Waals surface area contributed by atoms with E-state index in [2.05, 4.69) is 33.2 Å². The van der Waals surface area contributed by atoms with Gasteiger partial charge in [0.15, 0.2) is 0 Å². The lowest BCUT2D eigenvalue weighted by molar-refractivity contribution is 0.300. The van der Waals surface area contributed by atoms with Crippen molar-refractivity contribution in [1.82, 2.24) is 10.3 Å². The molecule has 1 aromatic heterocycles. The third-order valence-corrected chi connectivity index (χ3v) is 3.55. The van der Waals surface area contributed by atoms with Gasteiger partial charge in [-0.05, 0) is 18.7 Å². The molecule has 0 spiro atoms. The van der Waals surface area contributed by atoms with Gasteiger partial charge in [-0.2, -0.15) is 0 Å². The van der Waals surface area contributed by atoms with E-state index >= 15 is 0 Å². The van der Waals surface area contributed by atoms with Gasteiger partial charge in [0.05, 0.1) is 6.20 Å². The second-order valence-electron chi connectivity index (χ2n) is 4.14. The maximum absolute atomic E-state index is 5.87. The summed E-state index contributed by atoms with van der Waals surface area (Å²) in [4.78, 5) is 4.12. The number of pyridine rings is 1. The molecule has 0 aliphatic rings. The molecule has 0 saturated heterocycles. The van der Waals surface area contributed by atoms with Gasteiger partial charge >= 0.3 is 0 Å². The number of aromatic nitrogens is 1. The Morgan fingerprint density at radius 3 is 2.84 bits per heavy atom. The Hall–Kier alpha value is -1.39. The fourth-order valence-corrected chi connectivity index (χ4v) is 2.11. The van der Waals surface area contributed by atoms with Gasteiger partial charge in [0.2, 0.25) is 0 Å². The molecule has 0 amide bonds. The molecule has 1 aromatic carbocycles. The molecule has 3 nitrogen and oxygen atoms in total. The van der Waals surface area contributed by atoms with Crippen LogP contribution in [-0.4, -0.2) is 11.5 Å². The Morgan fingerprint density at radius 2 is 2.05 bits per heavy atom. The maximum atomic E-state index is 5.87. The highest BCUT2D eigenvalue weighted by atomic mass is 79.9. The fraction of sp³-hybridized carbons (Fsp3) is 0.267. The highest BCUT2D eigenvalue weighted by molar-refractivity contribution is 9.10. The number of ether oxygens (including phenoxy) is 1. The molecule has 0 saturated carbocycles. The summed E-state index contributed by atoms with van der Waals surface area (Å²) < 4.78 is 6.93. The Kier molecular flexibility index (Phi) is 5.36. The van der Waals surface area contributed by atoms with E-state index in [9.17, 15) is 0 Å². The lowest BCUT2D eigenvalue weighted by Gasteiger charge is -2.12. The molecule has 0 bridgehead atoms. The lowest BCUT2D eigenvalue weighted by Crippen LogP contribution is -2.13. The van der Waals surface area contributed by atoms with Crippen LogP contribution in [0, 0.1) is 0 Å². The Bertz CT molecular complexity index is 531. The molecule has 1 N–H and O–H groups in total. The molecular formula is C15H17BrN2O. The summed E-state index contributed by atoms with van der Waals surface area (Å²) >= 11 is 3.52. The minimum atomic E-state index is 0.534. The maximum Gasteiger partial charge on any atom is 0.142 e. The summed E-state index contributed by atoms with van der Waals surface area (Å²) in [6.07, 6.45) is 3.56. The highest BCUT2D eigenvalue weighted by Gasteiger charge is 2.05. The van der Waals surface area contributed by atoms with Crippen molar-refractivity contribution in [1.29, 1.82) is 0 Å². The molecular weight excluding hydrogens is 304 g/mol. The molecule has 100 valence electrons. The Morgan fingerprint density at radius 1 is 1.21 bits per heavy atom. The molecule has 0 radical (unpaired) electrons.